The highest BCUT2D eigenvalue weighted by Crippen LogP contribution is 2.20. The summed E-state index contributed by atoms with van der Waals surface area (Å²) in [6.07, 6.45) is 2.46. The molecule has 2 N–H and O–H groups in total. The molecule has 1 atom stereocenters. The van der Waals surface area contributed by atoms with Gasteiger partial charge in [-0.3, -0.25) is 0 Å². The van der Waals surface area contributed by atoms with Crippen LogP contribution >= 0.6 is 11.8 Å². The van der Waals surface area contributed by atoms with Gasteiger partial charge in [0, 0.05) is 10.9 Å². The number of nitrogens with one attached hydrogen (secondary N) is 1. The Bertz CT molecular complexity index is 297. The molecule has 0 fully saturated rings. The molecular weight excluding hydrogens is 218 g/mol. The number of benzene rings is 1. The number of hydrogen-bond acceptors (Lipinski definition) is 3. The molecule has 1 aromatic rings. The Labute approximate surface area is 102 Å². The molecule has 16 heavy (non-hydrogen) atoms. The van der Waals surface area contributed by atoms with Crippen molar-refractivity contribution in [3.63, 3.8) is 0 Å². The van der Waals surface area contributed by atoms with Gasteiger partial charge < -0.3 is 10.4 Å². The molecule has 90 valence electrons. The molecule has 0 aromatic heterocycles. The first-order chi connectivity index (χ1) is 7.63. The second-order valence-electron chi connectivity index (χ2n) is 4.19. The summed E-state index contributed by atoms with van der Waals surface area (Å²) >= 11 is 1.72. The van der Waals surface area contributed by atoms with Gasteiger partial charge in [0.15, 0.2) is 0 Å². The van der Waals surface area contributed by atoms with Gasteiger partial charge in [-0.2, -0.15) is 0 Å². The zero-order valence-corrected chi connectivity index (χ0v) is 11.1. The summed E-state index contributed by atoms with van der Waals surface area (Å²) in [7, 11) is 0. The minimum atomic E-state index is -0.359. The van der Waals surface area contributed by atoms with Crippen molar-refractivity contribution in [1.82, 2.24) is 5.32 Å². The van der Waals surface area contributed by atoms with Crippen molar-refractivity contribution in [3.05, 3.63) is 29.8 Å². The predicted octanol–water partition coefficient (Wildman–Crippen LogP) is 2.83. The van der Waals surface area contributed by atoms with Gasteiger partial charge in [0.2, 0.25) is 0 Å². The quantitative estimate of drug-likeness (QED) is 0.749. The molecule has 1 unspecified atom stereocenters. The zero-order chi connectivity index (χ0) is 12.0. The predicted molar refractivity (Wildman–Crippen MR) is 70.9 cm³/mol. The normalized spacial score (nSPS) is 13.1. The number of thioether (sulfide) groups is 1. The minimum Gasteiger partial charge on any atom is -0.388 e. The average molecular weight is 239 g/mol. The van der Waals surface area contributed by atoms with Gasteiger partial charge in [-0.25, -0.2) is 0 Å². The second-order valence-corrected chi connectivity index (χ2v) is 5.07. The Kier molecular flexibility index (Phi) is 5.88. The van der Waals surface area contributed by atoms with Crippen molar-refractivity contribution >= 4 is 11.8 Å². The van der Waals surface area contributed by atoms with Crippen LogP contribution in [-0.4, -0.2) is 23.9 Å². The fourth-order valence-electron chi connectivity index (χ4n) is 1.50. The molecule has 1 aromatic carbocycles. The van der Waals surface area contributed by atoms with Crippen LogP contribution in [0, 0.1) is 0 Å². The van der Waals surface area contributed by atoms with E-state index in [0.717, 1.165) is 18.5 Å². The number of aliphatic hydroxyl groups excluding tert-OH is 1. The van der Waals surface area contributed by atoms with Crippen LogP contribution in [0.3, 0.4) is 0 Å². The van der Waals surface area contributed by atoms with E-state index >= 15 is 0 Å². The third-order valence-electron chi connectivity index (χ3n) is 2.47. The third kappa shape index (κ3) is 4.56. The summed E-state index contributed by atoms with van der Waals surface area (Å²) in [5, 5.41) is 13.3. The Hall–Kier alpha value is -0.510. The lowest BCUT2D eigenvalue weighted by atomic mass is 10.1. The maximum absolute atomic E-state index is 9.95. The van der Waals surface area contributed by atoms with E-state index in [4.69, 9.17) is 0 Å². The first-order valence-corrected chi connectivity index (χ1v) is 6.91. The molecule has 0 spiro atoms. The molecule has 0 aliphatic rings. The van der Waals surface area contributed by atoms with Crippen LogP contribution in [0.2, 0.25) is 0 Å². The molecule has 3 heteroatoms. The van der Waals surface area contributed by atoms with E-state index in [9.17, 15) is 5.11 Å². The van der Waals surface area contributed by atoms with Crippen molar-refractivity contribution in [2.24, 2.45) is 0 Å². The molecule has 0 heterocycles. The molecule has 0 radical (unpaired) electrons. The Morgan fingerprint density at radius 1 is 1.25 bits per heavy atom. The van der Waals surface area contributed by atoms with Crippen LogP contribution in [-0.2, 0) is 0 Å². The van der Waals surface area contributed by atoms with Gasteiger partial charge in [0.1, 0.15) is 0 Å². The maximum atomic E-state index is 9.95. The van der Waals surface area contributed by atoms with Crippen LogP contribution < -0.4 is 5.32 Å². The molecule has 0 bridgehead atoms. The molecule has 2 nitrogen and oxygen atoms in total. The topological polar surface area (TPSA) is 32.3 Å². The zero-order valence-electron chi connectivity index (χ0n) is 10.2. The Balaban J connectivity index is 2.43. The van der Waals surface area contributed by atoms with Gasteiger partial charge in [-0.1, -0.05) is 26.0 Å². The van der Waals surface area contributed by atoms with Crippen LogP contribution in [0.1, 0.15) is 31.9 Å². The van der Waals surface area contributed by atoms with Gasteiger partial charge in [-0.05, 0) is 36.9 Å². The summed E-state index contributed by atoms with van der Waals surface area (Å²) in [6, 6.07) is 8.60. The van der Waals surface area contributed by atoms with Crippen molar-refractivity contribution in [2.45, 2.75) is 37.3 Å². The summed E-state index contributed by atoms with van der Waals surface area (Å²) < 4.78 is 0. The minimum absolute atomic E-state index is 0.359. The summed E-state index contributed by atoms with van der Waals surface area (Å²) in [4.78, 5) is 1.23. The van der Waals surface area contributed by atoms with Crippen molar-refractivity contribution < 1.29 is 5.11 Å². The monoisotopic (exact) mass is 239 g/mol. The van der Waals surface area contributed by atoms with E-state index in [0.29, 0.717) is 6.04 Å². The van der Waals surface area contributed by atoms with Crippen molar-refractivity contribution in [3.8, 4) is 0 Å². The Morgan fingerprint density at radius 2 is 1.88 bits per heavy atom. The van der Waals surface area contributed by atoms with Crippen LogP contribution in [0.15, 0.2) is 29.2 Å². The maximum Gasteiger partial charge on any atom is 0.0802 e. The van der Waals surface area contributed by atoms with Crippen LogP contribution in [0.25, 0.3) is 0 Å². The number of rotatable bonds is 6. The van der Waals surface area contributed by atoms with E-state index in [1.165, 1.54) is 4.90 Å². The first kappa shape index (κ1) is 13.6. The smallest absolute Gasteiger partial charge is 0.0802 e. The van der Waals surface area contributed by atoms with Gasteiger partial charge >= 0.3 is 0 Å². The van der Waals surface area contributed by atoms with Crippen LogP contribution in [0.5, 0.6) is 0 Å². The van der Waals surface area contributed by atoms with Crippen LogP contribution in [0.4, 0.5) is 0 Å². The molecule has 0 aliphatic heterocycles. The lowest BCUT2D eigenvalue weighted by Crippen LogP contribution is -2.24. The van der Waals surface area contributed by atoms with Gasteiger partial charge in [-0.15, -0.1) is 11.8 Å². The molecule has 0 saturated carbocycles. The standard InChI is InChI=1S/C13H21NOS/c1-10(2)14-9-8-13(15)11-4-6-12(16-3)7-5-11/h4-7,10,13-15H,8-9H2,1-3H3. The third-order valence-corrected chi connectivity index (χ3v) is 3.21. The summed E-state index contributed by atoms with van der Waals surface area (Å²) in [5.74, 6) is 0. The van der Waals surface area contributed by atoms with E-state index < -0.39 is 0 Å². The SMILES string of the molecule is CSc1ccc(C(O)CCNC(C)C)cc1. The largest absolute Gasteiger partial charge is 0.388 e. The Morgan fingerprint density at radius 3 is 2.38 bits per heavy atom. The highest BCUT2D eigenvalue weighted by atomic mass is 32.2. The molecular formula is C13H21NOS. The fraction of sp³-hybridized carbons (Fsp3) is 0.538. The summed E-state index contributed by atoms with van der Waals surface area (Å²) in [6.45, 7) is 5.07. The fourth-order valence-corrected chi connectivity index (χ4v) is 1.91. The lowest BCUT2D eigenvalue weighted by Gasteiger charge is -2.13. The van der Waals surface area contributed by atoms with E-state index in [1.54, 1.807) is 11.8 Å². The van der Waals surface area contributed by atoms with Gasteiger partial charge in [0.05, 0.1) is 6.10 Å². The summed E-state index contributed by atoms with van der Waals surface area (Å²) in [5.41, 5.74) is 1.00. The number of aliphatic hydroxyl groups is 1. The van der Waals surface area contributed by atoms with E-state index in [1.807, 2.05) is 12.1 Å². The number of hydrogen-bond donors (Lipinski definition) is 2. The van der Waals surface area contributed by atoms with Crippen molar-refractivity contribution in [1.29, 1.82) is 0 Å². The molecule has 0 amide bonds. The highest BCUT2D eigenvalue weighted by Gasteiger charge is 2.07. The second kappa shape index (κ2) is 6.94. The highest BCUT2D eigenvalue weighted by molar-refractivity contribution is 7.98. The molecule has 1 rings (SSSR count). The van der Waals surface area contributed by atoms with Crippen molar-refractivity contribution in [2.75, 3.05) is 12.8 Å². The molecule has 0 saturated heterocycles. The van der Waals surface area contributed by atoms with E-state index in [2.05, 4.69) is 37.6 Å². The van der Waals surface area contributed by atoms with Gasteiger partial charge in [0.25, 0.3) is 0 Å². The lowest BCUT2D eigenvalue weighted by molar-refractivity contribution is 0.166. The first-order valence-electron chi connectivity index (χ1n) is 5.69. The average Bonchev–Trinajstić information content (AvgIpc) is 2.28. The molecule has 0 aliphatic carbocycles. The van der Waals surface area contributed by atoms with E-state index in [-0.39, 0.29) is 6.10 Å².